The summed E-state index contributed by atoms with van der Waals surface area (Å²) >= 11 is 0. The standard InChI is InChI=1S/C13H14O/c1-12(11-14)7-5-6-10-13-8-3-2-4-9-13/h2-4,6,8-11H,1,5,7H2/b10-6+. The predicted octanol–water partition coefficient (Wildman–Crippen LogP) is 3.24. The van der Waals surface area contributed by atoms with Gasteiger partial charge in [0.05, 0.1) is 0 Å². The lowest BCUT2D eigenvalue weighted by Crippen LogP contribution is -1.79. The second-order valence-corrected chi connectivity index (χ2v) is 3.13. The minimum absolute atomic E-state index is 0.655. The van der Waals surface area contributed by atoms with E-state index in [0.717, 1.165) is 19.1 Å². The topological polar surface area (TPSA) is 17.1 Å². The van der Waals surface area contributed by atoms with E-state index >= 15 is 0 Å². The summed E-state index contributed by atoms with van der Waals surface area (Å²) in [6.07, 6.45) is 6.54. The molecule has 0 fully saturated rings. The van der Waals surface area contributed by atoms with Gasteiger partial charge >= 0.3 is 0 Å². The van der Waals surface area contributed by atoms with Gasteiger partial charge in [0.25, 0.3) is 0 Å². The molecule has 0 saturated carbocycles. The number of aldehydes is 1. The summed E-state index contributed by atoms with van der Waals surface area (Å²) in [5.74, 6) is 0. The minimum atomic E-state index is 0.655. The van der Waals surface area contributed by atoms with Crippen LogP contribution in [0.5, 0.6) is 0 Å². The van der Waals surface area contributed by atoms with E-state index in [1.165, 1.54) is 5.56 Å². The number of allylic oxidation sites excluding steroid dienone is 2. The molecule has 0 aliphatic rings. The highest BCUT2D eigenvalue weighted by Crippen LogP contribution is 2.05. The average Bonchev–Trinajstić information content (AvgIpc) is 2.25. The van der Waals surface area contributed by atoms with Crippen molar-refractivity contribution in [3.63, 3.8) is 0 Å². The van der Waals surface area contributed by atoms with Crippen molar-refractivity contribution in [3.05, 3.63) is 54.1 Å². The summed E-state index contributed by atoms with van der Waals surface area (Å²) in [5.41, 5.74) is 1.84. The van der Waals surface area contributed by atoms with E-state index in [1.807, 2.05) is 30.3 Å². The number of hydrogen-bond acceptors (Lipinski definition) is 1. The molecule has 1 heteroatoms. The smallest absolute Gasteiger partial charge is 0.145 e. The van der Waals surface area contributed by atoms with Crippen molar-refractivity contribution in [2.75, 3.05) is 0 Å². The van der Waals surface area contributed by atoms with Gasteiger partial charge in [0, 0.05) is 0 Å². The van der Waals surface area contributed by atoms with Gasteiger partial charge in [0.15, 0.2) is 0 Å². The van der Waals surface area contributed by atoms with Crippen LogP contribution in [0.15, 0.2) is 48.6 Å². The highest BCUT2D eigenvalue weighted by molar-refractivity contribution is 5.71. The van der Waals surface area contributed by atoms with Gasteiger partial charge in [-0.05, 0) is 24.0 Å². The lowest BCUT2D eigenvalue weighted by molar-refractivity contribution is -0.105. The molecule has 0 aromatic heterocycles. The maximum absolute atomic E-state index is 10.2. The van der Waals surface area contributed by atoms with E-state index in [2.05, 4.69) is 18.7 Å². The van der Waals surface area contributed by atoms with Crippen LogP contribution in [0, 0.1) is 0 Å². The van der Waals surface area contributed by atoms with Crippen LogP contribution in [-0.2, 0) is 4.79 Å². The number of carbonyl (C=O) groups excluding carboxylic acids is 1. The normalized spacial score (nSPS) is 10.3. The van der Waals surface area contributed by atoms with Gasteiger partial charge in [-0.3, -0.25) is 4.79 Å². The zero-order valence-corrected chi connectivity index (χ0v) is 8.15. The van der Waals surface area contributed by atoms with Crippen molar-refractivity contribution >= 4 is 12.4 Å². The van der Waals surface area contributed by atoms with Crippen LogP contribution in [0.3, 0.4) is 0 Å². The van der Waals surface area contributed by atoms with Gasteiger partial charge in [-0.15, -0.1) is 0 Å². The Bertz CT molecular complexity index is 322. The summed E-state index contributed by atoms with van der Waals surface area (Å²) in [6, 6.07) is 10.1. The number of hydrogen-bond donors (Lipinski definition) is 0. The van der Waals surface area contributed by atoms with Gasteiger partial charge in [-0.2, -0.15) is 0 Å². The molecule has 0 aliphatic heterocycles. The van der Waals surface area contributed by atoms with Gasteiger partial charge in [-0.25, -0.2) is 0 Å². The highest BCUT2D eigenvalue weighted by atomic mass is 16.1. The number of carbonyl (C=O) groups is 1. The summed E-state index contributed by atoms with van der Waals surface area (Å²) in [4.78, 5) is 10.2. The third kappa shape index (κ3) is 3.85. The van der Waals surface area contributed by atoms with Crippen LogP contribution in [-0.4, -0.2) is 6.29 Å². The van der Waals surface area contributed by atoms with Gasteiger partial charge in [0.2, 0.25) is 0 Å². The second kappa shape index (κ2) is 5.92. The Labute approximate surface area is 84.8 Å². The SMILES string of the molecule is C=C(C=O)CC/C=C/c1ccccc1. The summed E-state index contributed by atoms with van der Waals surface area (Å²) in [5, 5.41) is 0. The van der Waals surface area contributed by atoms with E-state index in [0.29, 0.717) is 5.57 Å². The Morgan fingerprint density at radius 3 is 2.64 bits per heavy atom. The van der Waals surface area contributed by atoms with Crippen molar-refractivity contribution in [1.82, 2.24) is 0 Å². The highest BCUT2D eigenvalue weighted by Gasteiger charge is 1.88. The first-order chi connectivity index (χ1) is 6.83. The van der Waals surface area contributed by atoms with E-state index in [-0.39, 0.29) is 0 Å². The Hall–Kier alpha value is -1.63. The van der Waals surface area contributed by atoms with Crippen molar-refractivity contribution < 1.29 is 4.79 Å². The molecule has 0 aliphatic carbocycles. The molecule has 1 aromatic carbocycles. The minimum Gasteiger partial charge on any atom is -0.298 e. The fourth-order valence-electron chi connectivity index (χ4n) is 1.11. The van der Waals surface area contributed by atoms with Crippen LogP contribution in [0.1, 0.15) is 18.4 Å². The summed E-state index contributed by atoms with van der Waals surface area (Å²) in [7, 11) is 0. The molecule has 14 heavy (non-hydrogen) atoms. The van der Waals surface area contributed by atoms with Crippen LogP contribution < -0.4 is 0 Å². The van der Waals surface area contributed by atoms with Crippen molar-refractivity contribution in [2.45, 2.75) is 12.8 Å². The third-order valence-electron chi connectivity index (χ3n) is 1.91. The lowest BCUT2D eigenvalue weighted by atomic mass is 10.1. The fraction of sp³-hybridized carbons (Fsp3) is 0.154. The van der Waals surface area contributed by atoms with Crippen molar-refractivity contribution in [2.24, 2.45) is 0 Å². The maximum atomic E-state index is 10.2. The molecular formula is C13H14O. The lowest BCUT2D eigenvalue weighted by Gasteiger charge is -1.93. The molecule has 0 bridgehead atoms. The zero-order chi connectivity index (χ0) is 10.2. The van der Waals surface area contributed by atoms with E-state index < -0.39 is 0 Å². The van der Waals surface area contributed by atoms with Gasteiger partial charge in [0.1, 0.15) is 6.29 Å². The molecule has 1 rings (SSSR count). The van der Waals surface area contributed by atoms with Gasteiger partial charge in [-0.1, -0.05) is 49.1 Å². The first-order valence-corrected chi connectivity index (χ1v) is 4.67. The van der Waals surface area contributed by atoms with Crippen LogP contribution in [0.4, 0.5) is 0 Å². The van der Waals surface area contributed by atoms with Crippen LogP contribution in [0.25, 0.3) is 6.08 Å². The molecule has 1 aromatic rings. The quantitative estimate of drug-likeness (QED) is 0.509. The Morgan fingerprint density at radius 2 is 2.00 bits per heavy atom. The second-order valence-electron chi connectivity index (χ2n) is 3.13. The molecule has 0 unspecified atom stereocenters. The molecule has 72 valence electrons. The molecule has 0 saturated heterocycles. The van der Waals surface area contributed by atoms with Crippen molar-refractivity contribution in [3.8, 4) is 0 Å². The number of rotatable bonds is 5. The van der Waals surface area contributed by atoms with E-state index in [9.17, 15) is 4.79 Å². The van der Waals surface area contributed by atoms with Gasteiger partial charge < -0.3 is 0 Å². The number of benzene rings is 1. The third-order valence-corrected chi connectivity index (χ3v) is 1.91. The molecule has 1 nitrogen and oxygen atoms in total. The monoisotopic (exact) mass is 186 g/mol. The molecule has 0 heterocycles. The maximum Gasteiger partial charge on any atom is 0.145 e. The zero-order valence-electron chi connectivity index (χ0n) is 8.15. The largest absolute Gasteiger partial charge is 0.298 e. The molecule has 0 radical (unpaired) electrons. The first-order valence-electron chi connectivity index (χ1n) is 4.67. The summed E-state index contributed by atoms with van der Waals surface area (Å²) in [6.45, 7) is 3.62. The molecule has 0 N–H and O–H groups in total. The summed E-state index contributed by atoms with van der Waals surface area (Å²) < 4.78 is 0. The van der Waals surface area contributed by atoms with E-state index in [4.69, 9.17) is 0 Å². The fourth-order valence-corrected chi connectivity index (χ4v) is 1.11. The van der Waals surface area contributed by atoms with Crippen LogP contribution >= 0.6 is 0 Å². The Morgan fingerprint density at radius 1 is 1.29 bits per heavy atom. The van der Waals surface area contributed by atoms with Crippen LogP contribution in [0.2, 0.25) is 0 Å². The molecule has 0 amide bonds. The average molecular weight is 186 g/mol. The Balaban J connectivity index is 2.35. The molecule has 0 atom stereocenters. The molecule has 0 spiro atoms. The van der Waals surface area contributed by atoms with E-state index in [1.54, 1.807) is 0 Å². The van der Waals surface area contributed by atoms with Crippen molar-refractivity contribution in [1.29, 1.82) is 0 Å². The Kier molecular flexibility index (Phi) is 4.42. The molecular weight excluding hydrogens is 172 g/mol. The predicted molar refractivity (Wildman–Crippen MR) is 59.9 cm³/mol. The first kappa shape index (κ1) is 10.5.